The molecule has 4 nitrogen and oxygen atoms in total. The second-order valence-electron chi connectivity index (χ2n) is 3.27. The van der Waals surface area contributed by atoms with Crippen LogP contribution in [0, 0.1) is 0 Å². The molecule has 76 valence electrons. The van der Waals surface area contributed by atoms with Crippen molar-refractivity contribution in [2.75, 3.05) is 24.6 Å². The summed E-state index contributed by atoms with van der Waals surface area (Å²) in [4.78, 5) is 2.43. The van der Waals surface area contributed by atoms with Crippen LogP contribution < -0.4 is 5.73 Å². The highest BCUT2D eigenvalue weighted by Crippen LogP contribution is 2.07. The van der Waals surface area contributed by atoms with Gasteiger partial charge in [0.2, 0.25) is 0 Å². The number of hydrogen-bond donors (Lipinski definition) is 1. The molecular formula is C7H14N2O2S2. The van der Waals surface area contributed by atoms with Crippen LogP contribution in [-0.4, -0.2) is 48.9 Å². The Morgan fingerprint density at radius 2 is 1.92 bits per heavy atom. The van der Waals surface area contributed by atoms with Crippen molar-refractivity contribution >= 4 is 27.0 Å². The SMILES string of the molecule is CC(C(N)=S)N1CCS(=O)(=O)CC1. The summed E-state index contributed by atoms with van der Waals surface area (Å²) in [6.45, 7) is 2.99. The van der Waals surface area contributed by atoms with Gasteiger partial charge in [0.05, 0.1) is 22.5 Å². The van der Waals surface area contributed by atoms with Crippen molar-refractivity contribution in [2.45, 2.75) is 13.0 Å². The zero-order chi connectivity index (χ0) is 10.1. The maximum absolute atomic E-state index is 11.1. The van der Waals surface area contributed by atoms with Crippen LogP contribution in [0.1, 0.15) is 6.92 Å². The molecule has 13 heavy (non-hydrogen) atoms. The van der Waals surface area contributed by atoms with Gasteiger partial charge >= 0.3 is 0 Å². The standard InChI is InChI=1S/C7H14N2O2S2/c1-6(7(8)12)9-2-4-13(10,11)5-3-9/h6H,2-5H2,1H3,(H2,8,12). The Labute approximate surface area is 84.0 Å². The molecule has 0 aliphatic carbocycles. The smallest absolute Gasteiger partial charge is 0.152 e. The van der Waals surface area contributed by atoms with E-state index in [1.165, 1.54) is 0 Å². The Balaban J connectivity index is 2.55. The zero-order valence-electron chi connectivity index (χ0n) is 7.56. The van der Waals surface area contributed by atoms with Crippen LogP contribution in [0.5, 0.6) is 0 Å². The fourth-order valence-corrected chi connectivity index (χ4v) is 2.67. The van der Waals surface area contributed by atoms with E-state index in [4.69, 9.17) is 18.0 Å². The zero-order valence-corrected chi connectivity index (χ0v) is 9.20. The predicted octanol–water partition coefficient (Wildman–Crippen LogP) is -0.609. The summed E-state index contributed by atoms with van der Waals surface area (Å²) in [5, 5.41) is 0. The summed E-state index contributed by atoms with van der Waals surface area (Å²) in [5.74, 6) is 0.444. The van der Waals surface area contributed by atoms with Gasteiger partial charge in [-0.05, 0) is 6.92 Å². The highest BCUT2D eigenvalue weighted by atomic mass is 32.2. The maximum Gasteiger partial charge on any atom is 0.152 e. The third-order valence-corrected chi connectivity index (χ3v) is 4.29. The molecule has 1 aliphatic rings. The van der Waals surface area contributed by atoms with E-state index in [0.717, 1.165) is 0 Å². The predicted molar refractivity (Wildman–Crippen MR) is 56.5 cm³/mol. The molecule has 1 saturated heterocycles. The second kappa shape index (κ2) is 3.89. The molecule has 1 unspecified atom stereocenters. The Hall–Kier alpha value is -0.200. The number of nitrogens with zero attached hydrogens (tertiary/aromatic N) is 1. The fraction of sp³-hybridized carbons (Fsp3) is 0.857. The van der Waals surface area contributed by atoms with Crippen molar-refractivity contribution in [3.8, 4) is 0 Å². The summed E-state index contributed by atoms with van der Waals surface area (Å²) < 4.78 is 22.2. The van der Waals surface area contributed by atoms with Crippen LogP contribution in [0.25, 0.3) is 0 Å². The van der Waals surface area contributed by atoms with Crippen molar-refractivity contribution in [2.24, 2.45) is 5.73 Å². The molecule has 6 heteroatoms. The van der Waals surface area contributed by atoms with Gasteiger partial charge in [-0.3, -0.25) is 4.90 Å². The van der Waals surface area contributed by atoms with Crippen LogP contribution in [-0.2, 0) is 9.84 Å². The molecule has 1 fully saturated rings. The van der Waals surface area contributed by atoms with Crippen LogP contribution in [0.3, 0.4) is 0 Å². The minimum absolute atomic E-state index is 0.00509. The highest BCUT2D eigenvalue weighted by Gasteiger charge is 2.25. The lowest BCUT2D eigenvalue weighted by Crippen LogP contribution is -2.49. The molecule has 0 aromatic rings. The monoisotopic (exact) mass is 222 g/mol. The first-order valence-electron chi connectivity index (χ1n) is 4.16. The van der Waals surface area contributed by atoms with Gasteiger partial charge in [-0.15, -0.1) is 0 Å². The molecule has 0 spiro atoms. The van der Waals surface area contributed by atoms with Crippen LogP contribution in [0.2, 0.25) is 0 Å². The molecule has 1 atom stereocenters. The molecule has 1 heterocycles. The van der Waals surface area contributed by atoms with Crippen molar-refractivity contribution in [3.05, 3.63) is 0 Å². The van der Waals surface area contributed by atoms with Gasteiger partial charge in [0.25, 0.3) is 0 Å². The maximum atomic E-state index is 11.1. The van der Waals surface area contributed by atoms with E-state index in [9.17, 15) is 8.42 Å². The van der Waals surface area contributed by atoms with E-state index in [1.807, 2.05) is 11.8 Å². The van der Waals surface area contributed by atoms with E-state index in [-0.39, 0.29) is 17.5 Å². The molecule has 0 amide bonds. The van der Waals surface area contributed by atoms with E-state index in [0.29, 0.717) is 18.1 Å². The molecule has 0 aromatic heterocycles. The molecule has 0 radical (unpaired) electrons. The molecule has 0 bridgehead atoms. The fourth-order valence-electron chi connectivity index (χ4n) is 1.29. The van der Waals surface area contributed by atoms with Crippen LogP contribution >= 0.6 is 12.2 Å². The first-order valence-corrected chi connectivity index (χ1v) is 6.39. The average Bonchev–Trinajstić information content (AvgIpc) is 2.03. The van der Waals surface area contributed by atoms with Gasteiger partial charge in [-0.2, -0.15) is 0 Å². The summed E-state index contributed by atoms with van der Waals surface area (Å²) >= 11 is 4.84. The average molecular weight is 222 g/mol. The topological polar surface area (TPSA) is 63.4 Å². The third-order valence-electron chi connectivity index (χ3n) is 2.34. The van der Waals surface area contributed by atoms with Crippen molar-refractivity contribution in [3.63, 3.8) is 0 Å². The van der Waals surface area contributed by atoms with Gasteiger partial charge in [0.1, 0.15) is 0 Å². The quantitative estimate of drug-likeness (QED) is 0.632. The Bertz CT molecular complexity index is 286. The molecule has 0 aromatic carbocycles. The Morgan fingerprint density at radius 1 is 1.46 bits per heavy atom. The van der Waals surface area contributed by atoms with Gasteiger partial charge in [-0.1, -0.05) is 12.2 Å². The normalized spacial score (nSPS) is 25.3. The van der Waals surface area contributed by atoms with Gasteiger partial charge in [-0.25, -0.2) is 8.42 Å². The summed E-state index contributed by atoms with van der Waals surface area (Å²) in [6, 6.07) is 0.00509. The van der Waals surface area contributed by atoms with E-state index in [1.54, 1.807) is 0 Å². The van der Waals surface area contributed by atoms with E-state index < -0.39 is 9.84 Å². The summed E-state index contributed by atoms with van der Waals surface area (Å²) in [6.07, 6.45) is 0. The number of rotatable bonds is 2. The first kappa shape index (κ1) is 10.9. The highest BCUT2D eigenvalue weighted by molar-refractivity contribution is 7.91. The molecule has 0 saturated carbocycles. The van der Waals surface area contributed by atoms with Crippen molar-refractivity contribution in [1.29, 1.82) is 0 Å². The van der Waals surface area contributed by atoms with E-state index in [2.05, 4.69) is 0 Å². The van der Waals surface area contributed by atoms with Gasteiger partial charge in [0.15, 0.2) is 9.84 Å². The number of thiocarbonyl (C=S) groups is 1. The second-order valence-corrected chi connectivity index (χ2v) is 6.04. The lowest BCUT2D eigenvalue weighted by molar-refractivity contribution is 0.275. The molecule has 2 N–H and O–H groups in total. The van der Waals surface area contributed by atoms with Gasteiger partial charge < -0.3 is 5.73 Å². The number of hydrogen-bond acceptors (Lipinski definition) is 4. The number of nitrogens with two attached hydrogens (primary N) is 1. The van der Waals surface area contributed by atoms with Gasteiger partial charge in [0, 0.05) is 13.1 Å². The lowest BCUT2D eigenvalue weighted by atomic mass is 10.3. The lowest BCUT2D eigenvalue weighted by Gasteiger charge is -2.31. The first-order chi connectivity index (χ1) is 5.92. The molecule has 1 aliphatic heterocycles. The third kappa shape index (κ3) is 2.89. The number of sulfone groups is 1. The van der Waals surface area contributed by atoms with Crippen LogP contribution in [0.4, 0.5) is 0 Å². The molecular weight excluding hydrogens is 208 g/mol. The minimum Gasteiger partial charge on any atom is -0.392 e. The summed E-state index contributed by atoms with van der Waals surface area (Å²) in [7, 11) is -2.80. The Morgan fingerprint density at radius 3 is 2.31 bits per heavy atom. The van der Waals surface area contributed by atoms with E-state index >= 15 is 0 Å². The minimum atomic E-state index is -2.80. The summed E-state index contributed by atoms with van der Waals surface area (Å²) in [5.41, 5.74) is 5.47. The van der Waals surface area contributed by atoms with Crippen LogP contribution in [0.15, 0.2) is 0 Å². The molecule has 1 rings (SSSR count). The largest absolute Gasteiger partial charge is 0.392 e. The van der Waals surface area contributed by atoms with Crippen molar-refractivity contribution < 1.29 is 8.42 Å². The van der Waals surface area contributed by atoms with Crippen molar-refractivity contribution in [1.82, 2.24) is 4.90 Å². The Kier molecular flexibility index (Phi) is 3.26.